The van der Waals surface area contributed by atoms with Gasteiger partial charge in [0.1, 0.15) is 0 Å². The molecule has 2 N–H and O–H groups in total. The summed E-state index contributed by atoms with van der Waals surface area (Å²) in [5, 5.41) is 0. The third-order valence-electron chi connectivity index (χ3n) is 3.04. The highest BCUT2D eigenvalue weighted by Gasteiger charge is 2.20. The van der Waals surface area contributed by atoms with E-state index in [1.165, 1.54) is 0 Å². The van der Waals surface area contributed by atoms with Crippen LogP contribution >= 0.6 is 0 Å². The first-order valence-corrected chi connectivity index (χ1v) is 7.14. The molecular weight excluding hydrogens is 228 g/mol. The molecule has 4 nitrogen and oxygen atoms in total. The molecule has 0 spiro atoms. The second kappa shape index (κ2) is 9.73. The van der Waals surface area contributed by atoms with Crippen LogP contribution in [-0.2, 0) is 9.47 Å². The Morgan fingerprint density at radius 2 is 1.67 bits per heavy atom. The standard InChI is InChI=1S/C14H32N2O2/c1-6-16(12-14(4,5)11-15)10-9-13(17-7-2)18-8-3/h13H,6-12,15H2,1-5H3. The Kier molecular flexibility index (Phi) is 9.64. The Labute approximate surface area is 113 Å². The van der Waals surface area contributed by atoms with Crippen molar-refractivity contribution in [3.63, 3.8) is 0 Å². The minimum absolute atomic E-state index is 0.0740. The first kappa shape index (κ1) is 17.8. The predicted octanol–water partition coefficient (Wildman–Crippen LogP) is 2.08. The van der Waals surface area contributed by atoms with Gasteiger partial charge in [-0.25, -0.2) is 0 Å². The molecule has 18 heavy (non-hydrogen) atoms. The first-order valence-electron chi connectivity index (χ1n) is 7.14. The average molecular weight is 260 g/mol. The van der Waals surface area contributed by atoms with Crippen molar-refractivity contribution in [3.05, 3.63) is 0 Å². The highest BCUT2D eigenvalue weighted by molar-refractivity contribution is 4.74. The van der Waals surface area contributed by atoms with Gasteiger partial charge in [0.2, 0.25) is 0 Å². The second-order valence-corrected chi connectivity index (χ2v) is 5.37. The van der Waals surface area contributed by atoms with E-state index in [1.54, 1.807) is 0 Å². The van der Waals surface area contributed by atoms with E-state index in [9.17, 15) is 0 Å². The Bertz CT molecular complexity index is 192. The van der Waals surface area contributed by atoms with Crippen molar-refractivity contribution < 1.29 is 9.47 Å². The minimum atomic E-state index is -0.0740. The molecular formula is C14H32N2O2. The third-order valence-corrected chi connectivity index (χ3v) is 3.04. The molecule has 0 atom stereocenters. The first-order chi connectivity index (χ1) is 8.49. The summed E-state index contributed by atoms with van der Waals surface area (Å²) >= 11 is 0. The maximum Gasteiger partial charge on any atom is 0.158 e. The van der Waals surface area contributed by atoms with Crippen molar-refractivity contribution in [1.82, 2.24) is 4.90 Å². The molecule has 4 heteroatoms. The Morgan fingerprint density at radius 1 is 1.11 bits per heavy atom. The molecule has 0 rings (SSSR count). The van der Waals surface area contributed by atoms with E-state index in [0.717, 1.165) is 26.1 Å². The van der Waals surface area contributed by atoms with Gasteiger partial charge in [0.15, 0.2) is 6.29 Å². The molecule has 0 amide bonds. The van der Waals surface area contributed by atoms with Crippen LogP contribution in [0.1, 0.15) is 41.0 Å². The summed E-state index contributed by atoms with van der Waals surface area (Å²) in [6, 6.07) is 0. The normalized spacial score (nSPS) is 12.7. The summed E-state index contributed by atoms with van der Waals surface area (Å²) in [6.07, 6.45) is 0.839. The molecule has 0 saturated heterocycles. The van der Waals surface area contributed by atoms with Crippen LogP contribution in [0, 0.1) is 5.41 Å². The molecule has 0 aliphatic rings. The number of hydrogen-bond acceptors (Lipinski definition) is 4. The van der Waals surface area contributed by atoms with E-state index >= 15 is 0 Å². The van der Waals surface area contributed by atoms with Crippen LogP contribution < -0.4 is 5.73 Å². The van der Waals surface area contributed by atoms with Crippen LogP contribution in [0.15, 0.2) is 0 Å². The number of nitrogens with zero attached hydrogens (tertiary/aromatic N) is 1. The molecule has 0 unspecified atom stereocenters. The fraction of sp³-hybridized carbons (Fsp3) is 1.00. The van der Waals surface area contributed by atoms with Crippen molar-refractivity contribution in [2.45, 2.75) is 47.3 Å². The van der Waals surface area contributed by atoms with Crippen LogP contribution in [0.2, 0.25) is 0 Å². The molecule has 0 radical (unpaired) electrons. The minimum Gasteiger partial charge on any atom is -0.353 e. The van der Waals surface area contributed by atoms with Gasteiger partial charge in [0, 0.05) is 32.7 Å². The van der Waals surface area contributed by atoms with E-state index in [2.05, 4.69) is 25.7 Å². The van der Waals surface area contributed by atoms with Gasteiger partial charge >= 0.3 is 0 Å². The summed E-state index contributed by atoms with van der Waals surface area (Å²) in [5.74, 6) is 0. The van der Waals surface area contributed by atoms with Gasteiger partial charge in [-0.05, 0) is 32.4 Å². The Hall–Kier alpha value is -0.160. The Morgan fingerprint density at radius 3 is 2.06 bits per heavy atom. The quantitative estimate of drug-likeness (QED) is 0.578. The lowest BCUT2D eigenvalue weighted by Gasteiger charge is -2.31. The highest BCUT2D eigenvalue weighted by atomic mass is 16.7. The van der Waals surface area contributed by atoms with Crippen molar-refractivity contribution in [2.24, 2.45) is 11.1 Å². The molecule has 0 aliphatic carbocycles. The van der Waals surface area contributed by atoms with Crippen molar-refractivity contribution in [3.8, 4) is 0 Å². The van der Waals surface area contributed by atoms with E-state index in [0.29, 0.717) is 19.8 Å². The monoisotopic (exact) mass is 260 g/mol. The van der Waals surface area contributed by atoms with Gasteiger partial charge in [-0.3, -0.25) is 0 Å². The SMILES string of the molecule is CCOC(CCN(CC)CC(C)(C)CN)OCC. The zero-order valence-corrected chi connectivity index (χ0v) is 12.9. The molecule has 0 saturated carbocycles. The van der Waals surface area contributed by atoms with E-state index < -0.39 is 0 Å². The van der Waals surface area contributed by atoms with Crippen LogP contribution in [0.3, 0.4) is 0 Å². The second-order valence-electron chi connectivity index (χ2n) is 5.37. The maximum absolute atomic E-state index is 5.78. The Balaban J connectivity index is 4.11. The van der Waals surface area contributed by atoms with Crippen LogP contribution in [0.25, 0.3) is 0 Å². The van der Waals surface area contributed by atoms with E-state index in [4.69, 9.17) is 15.2 Å². The molecule has 0 aromatic rings. The summed E-state index contributed by atoms with van der Waals surface area (Å²) < 4.78 is 11.1. The molecule has 0 aromatic heterocycles. The summed E-state index contributed by atoms with van der Waals surface area (Å²) in [5.41, 5.74) is 5.95. The third kappa shape index (κ3) is 8.03. The van der Waals surface area contributed by atoms with Crippen LogP contribution in [-0.4, -0.2) is 50.6 Å². The average Bonchev–Trinajstić information content (AvgIpc) is 2.34. The molecule has 0 aliphatic heterocycles. The maximum atomic E-state index is 5.78. The summed E-state index contributed by atoms with van der Waals surface area (Å²) in [4.78, 5) is 2.41. The largest absolute Gasteiger partial charge is 0.353 e. The lowest BCUT2D eigenvalue weighted by atomic mass is 9.93. The fourth-order valence-electron chi connectivity index (χ4n) is 1.89. The highest BCUT2D eigenvalue weighted by Crippen LogP contribution is 2.15. The number of rotatable bonds is 11. The topological polar surface area (TPSA) is 47.7 Å². The number of nitrogens with two attached hydrogens (primary N) is 1. The molecule has 0 heterocycles. The molecule has 110 valence electrons. The van der Waals surface area contributed by atoms with Crippen LogP contribution in [0.5, 0.6) is 0 Å². The lowest BCUT2D eigenvalue weighted by molar-refractivity contribution is -0.142. The zero-order valence-electron chi connectivity index (χ0n) is 12.9. The smallest absolute Gasteiger partial charge is 0.158 e. The molecule has 0 aromatic carbocycles. The van der Waals surface area contributed by atoms with E-state index in [1.807, 2.05) is 13.8 Å². The number of ether oxygens (including phenoxy) is 2. The molecule has 0 bridgehead atoms. The summed E-state index contributed by atoms with van der Waals surface area (Å²) in [6.45, 7) is 15.8. The van der Waals surface area contributed by atoms with Gasteiger partial charge < -0.3 is 20.1 Å². The van der Waals surface area contributed by atoms with Crippen molar-refractivity contribution in [2.75, 3.05) is 39.4 Å². The van der Waals surface area contributed by atoms with Crippen molar-refractivity contribution >= 4 is 0 Å². The fourth-order valence-corrected chi connectivity index (χ4v) is 1.89. The van der Waals surface area contributed by atoms with Crippen molar-refractivity contribution in [1.29, 1.82) is 0 Å². The van der Waals surface area contributed by atoms with Gasteiger partial charge in [-0.1, -0.05) is 20.8 Å². The van der Waals surface area contributed by atoms with Gasteiger partial charge in [-0.2, -0.15) is 0 Å². The van der Waals surface area contributed by atoms with Gasteiger partial charge in [0.25, 0.3) is 0 Å². The number of hydrogen-bond donors (Lipinski definition) is 1. The predicted molar refractivity (Wildman–Crippen MR) is 76.6 cm³/mol. The van der Waals surface area contributed by atoms with Gasteiger partial charge in [0.05, 0.1) is 0 Å². The lowest BCUT2D eigenvalue weighted by Crippen LogP contribution is -2.40. The summed E-state index contributed by atoms with van der Waals surface area (Å²) in [7, 11) is 0. The zero-order chi connectivity index (χ0) is 14.0. The van der Waals surface area contributed by atoms with Gasteiger partial charge in [-0.15, -0.1) is 0 Å². The molecule has 0 fully saturated rings. The van der Waals surface area contributed by atoms with Crippen LogP contribution in [0.4, 0.5) is 0 Å². The van der Waals surface area contributed by atoms with E-state index in [-0.39, 0.29) is 11.7 Å².